The number of piperazine rings is 1. The number of benzene rings is 1. The summed E-state index contributed by atoms with van der Waals surface area (Å²) >= 11 is 0. The summed E-state index contributed by atoms with van der Waals surface area (Å²) in [4.78, 5) is 49.8. The monoisotopic (exact) mass is 487 g/mol. The summed E-state index contributed by atoms with van der Waals surface area (Å²) in [6.07, 6.45) is 14.7. The van der Waals surface area contributed by atoms with Crippen LogP contribution in [-0.2, 0) is 9.59 Å². The minimum Gasteiger partial charge on any atom is -0.478 e. The first-order valence-corrected chi connectivity index (χ1v) is 13.1. The Morgan fingerprint density at radius 1 is 0.886 bits per heavy atom. The topological polar surface area (TPSA) is 116 Å². The van der Waals surface area contributed by atoms with Gasteiger partial charge in [-0.1, -0.05) is 77.6 Å². The average molecular weight is 488 g/mol. The summed E-state index contributed by atoms with van der Waals surface area (Å²) in [6, 6.07) is 4.82. The predicted octanol–water partition coefficient (Wildman–Crippen LogP) is 4.14. The van der Waals surface area contributed by atoms with E-state index in [1.54, 1.807) is 4.90 Å². The maximum atomic E-state index is 12.4. The number of aromatic carboxylic acids is 1. The highest BCUT2D eigenvalue weighted by Gasteiger charge is 2.34. The third-order valence-corrected chi connectivity index (χ3v) is 6.52. The first-order valence-electron chi connectivity index (χ1n) is 13.1. The molecular weight excluding hydrogens is 446 g/mol. The lowest BCUT2D eigenvalue weighted by Crippen LogP contribution is -2.61. The van der Waals surface area contributed by atoms with Crippen LogP contribution in [0.2, 0.25) is 0 Å². The lowest BCUT2D eigenvalue weighted by Gasteiger charge is -2.35. The van der Waals surface area contributed by atoms with Crippen LogP contribution in [0, 0.1) is 0 Å². The van der Waals surface area contributed by atoms with Crippen molar-refractivity contribution in [1.29, 1.82) is 0 Å². The molecule has 8 heteroatoms. The van der Waals surface area contributed by atoms with E-state index in [9.17, 15) is 19.2 Å². The molecule has 35 heavy (non-hydrogen) atoms. The van der Waals surface area contributed by atoms with Gasteiger partial charge in [-0.2, -0.15) is 0 Å². The molecule has 2 rings (SSSR count). The molecule has 0 radical (unpaired) electrons. The minimum absolute atomic E-state index is 0.00927. The molecule has 0 bridgehead atoms. The number of carboxylic acids is 1. The van der Waals surface area contributed by atoms with Gasteiger partial charge < -0.3 is 20.6 Å². The molecule has 1 unspecified atom stereocenters. The second-order valence-electron chi connectivity index (χ2n) is 9.30. The number of nitrogens with one attached hydrogen (secondary N) is 2. The number of nitrogens with zero attached hydrogens (tertiary/aromatic N) is 1. The van der Waals surface area contributed by atoms with Gasteiger partial charge in [0, 0.05) is 18.7 Å². The van der Waals surface area contributed by atoms with Crippen molar-refractivity contribution in [1.82, 2.24) is 15.5 Å². The minimum atomic E-state index is -1.07. The van der Waals surface area contributed by atoms with Crippen molar-refractivity contribution < 1.29 is 24.3 Å². The Hall–Kier alpha value is -2.90. The normalized spacial score (nSPS) is 15.7. The molecule has 8 nitrogen and oxygen atoms in total. The summed E-state index contributed by atoms with van der Waals surface area (Å²) < 4.78 is 0. The van der Waals surface area contributed by atoms with Crippen LogP contribution in [0.4, 0.5) is 0 Å². The third-order valence-electron chi connectivity index (χ3n) is 6.52. The Morgan fingerprint density at radius 3 is 1.94 bits per heavy atom. The van der Waals surface area contributed by atoms with Gasteiger partial charge in [-0.3, -0.25) is 14.4 Å². The van der Waals surface area contributed by atoms with Crippen molar-refractivity contribution in [2.45, 2.75) is 90.0 Å². The van der Waals surface area contributed by atoms with Gasteiger partial charge in [0.05, 0.1) is 12.1 Å². The van der Waals surface area contributed by atoms with Gasteiger partial charge in [0.15, 0.2) is 0 Å². The SMILES string of the molecule is CCCCCCCCCCCCCCN1C(=O)CNC(=O)C1CNC(=O)c1ccc(C(=O)O)cc1. The van der Waals surface area contributed by atoms with E-state index < -0.39 is 17.9 Å². The molecule has 1 aliphatic heterocycles. The second kappa shape index (κ2) is 15.9. The fourth-order valence-electron chi connectivity index (χ4n) is 4.36. The van der Waals surface area contributed by atoms with Crippen molar-refractivity contribution in [3.05, 3.63) is 35.4 Å². The van der Waals surface area contributed by atoms with E-state index in [1.807, 2.05) is 0 Å². The fraction of sp³-hybridized carbons (Fsp3) is 0.630. The number of carboxylic acid groups (broad SMARTS) is 1. The van der Waals surface area contributed by atoms with Crippen LogP contribution in [-0.4, -0.2) is 59.4 Å². The van der Waals surface area contributed by atoms with Crippen LogP contribution in [0.25, 0.3) is 0 Å². The van der Waals surface area contributed by atoms with E-state index in [4.69, 9.17) is 5.11 Å². The average Bonchev–Trinajstić information content (AvgIpc) is 2.85. The maximum absolute atomic E-state index is 12.4. The number of hydrogen-bond acceptors (Lipinski definition) is 4. The smallest absolute Gasteiger partial charge is 0.335 e. The molecular formula is C27H41N3O5. The van der Waals surface area contributed by atoms with Gasteiger partial charge in [-0.25, -0.2) is 4.79 Å². The zero-order chi connectivity index (χ0) is 25.5. The Bertz CT molecular complexity index is 825. The van der Waals surface area contributed by atoms with Gasteiger partial charge in [-0.15, -0.1) is 0 Å². The van der Waals surface area contributed by atoms with E-state index in [0.717, 1.165) is 19.3 Å². The molecule has 1 atom stereocenters. The highest BCUT2D eigenvalue weighted by Crippen LogP contribution is 2.14. The molecule has 1 aromatic carbocycles. The fourth-order valence-corrected chi connectivity index (χ4v) is 4.36. The molecule has 0 spiro atoms. The summed E-state index contributed by atoms with van der Waals surface area (Å²) in [5, 5.41) is 14.3. The third kappa shape index (κ3) is 10.1. The highest BCUT2D eigenvalue weighted by atomic mass is 16.4. The molecule has 1 saturated heterocycles. The summed E-state index contributed by atoms with van der Waals surface area (Å²) in [5.74, 6) is -1.90. The molecule has 0 saturated carbocycles. The van der Waals surface area contributed by atoms with E-state index in [0.29, 0.717) is 12.1 Å². The Morgan fingerprint density at radius 2 is 1.40 bits per heavy atom. The lowest BCUT2D eigenvalue weighted by atomic mass is 10.0. The van der Waals surface area contributed by atoms with Crippen LogP contribution < -0.4 is 10.6 Å². The molecule has 194 valence electrons. The summed E-state index contributed by atoms with van der Waals surface area (Å²) in [7, 11) is 0. The molecule has 1 fully saturated rings. The highest BCUT2D eigenvalue weighted by molar-refractivity contribution is 5.98. The van der Waals surface area contributed by atoms with Crippen molar-refractivity contribution in [3.63, 3.8) is 0 Å². The van der Waals surface area contributed by atoms with Gasteiger partial charge in [0.2, 0.25) is 11.8 Å². The Kier molecular flexibility index (Phi) is 12.9. The van der Waals surface area contributed by atoms with Crippen molar-refractivity contribution in [2.24, 2.45) is 0 Å². The number of rotatable bonds is 17. The number of amides is 3. The molecule has 1 aromatic rings. The van der Waals surface area contributed by atoms with E-state index in [1.165, 1.54) is 82.1 Å². The Labute approximate surface area is 208 Å². The van der Waals surface area contributed by atoms with E-state index in [-0.39, 0.29) is 30.5 Å². The van der Waals surface area contributed by atoms with Crippen LogP contribution in [0.15, 0.2) is 24.3 Å². The quantitative estimate of drug-likeness (QED) is 0.286. The largest absolute Gasteiger partial charge is 0.478 e. The van der Waals surface area contributed by atoms with Gasteiger partial charge in [-0.05, 0) is 30.7 Å². The van der Waals surface area contributed by atoms with Crippen LogP contribution in [0.1, 0.15) is 105 Å². The molecule has 0 aromatic heterocycles. The molecule has 3 N–H and O–H groups in total. The second-order valence-corrected chi connectivity index (χ2v) is 9.30. The van der Waals surface area contributed by atoms with Crippen molar-refractivity contribution >= 4 is 23.7 Å². The Balaban J connectivity index is 1.69. The standard InChI is InChI=1S/C27H41N3O5/c1-2-3-4-5-6-7-8-9-10-11-12-13-18-30-23(26(33)29-20-24(30)31)19-28-25(32)21-14-16-22(17-15-21)27(34)35/h14-17,23H,2-13,18-20H2,1H3,(H,28,32)(H,29,33)(H,34,35). The first-order chi connectivity index (χ1) is 16.9. The van der Waals surface area contributed by atoms with E-state index >= 15 is 0 Å². The lowest BCUT2D eigenvalue weighted by molar-refractivity contribution is -0.145. The number of carbonyl (C=O) groups excluding carboxylic acids is 3. The molecule has 3 amide bonds. The summed E-state index contributed by atoms with van der Waals surface area (Å²) in [6.45, 7) is 2.73. The number of carbonyl (C=O) groups is 4. The maximum Gasteiger partial charge on any atom is 0.335 e. The van der Waals surface area contributed by atoms with Gasteiger partial charge in [0.1, 0.15) is 6.04 Å². The van der Waals surface area contributed by atoms with Gasteiger partial charge in [0.25, 0.3) is 5.91 Å². The van der Waals surface area contributed by atoms with Crippen LogP contribution in [0.5, 0.6) is 0 Å². The molecule has 0 aliphatic carbocycles. The van der Waals surface area contributed by atoms with Gasteiger partial charge >= 0.3 is 5.97 Å². The molecule has 1 heterocycles. The number of hydrogen-bond donors (Lipinski definition) is 3. The van der Waals surface area contributed by atoms with E-state index in [2.05, 4.69) is 17.6 Å². The van der Waals surface area contributed by atoms with Crippen molar-refractivity contribution in [3.8, 4) is 0 Å². The van der Waals surface area contributed by atoms with Crippen LogP contribution >= 0.6 is 0 Å². The van der Waals surface area contributed by atoms with Crippen molar-refractivity contribution in [2.75, 3.05) is 19.6 Å². The zero-order valence-electron chi connectivity index (χ0n) is 21.0. The summed E-state index contributed by atoms with van der Waals surface area (Å²) in [5.41, 5.74) is 0.387. The number of unbranched alkanes of at least 4 members (excludes halogenated alkanes) is 11. The predicted molar refractivity (Wildman–Crippen MR) is 135 cm³/mol. The molecule has 1 aliphatic rings. The first kappa shape index (κ1) is 28.3. The van der Waals surface area contributed by atoms with Crippen LogP contribution in [0.3, 0.4) is 0 Å². The zero-order valence-corrected chi connectivity index (χ0v) is 21.0.